The summed E-state index contributed by atoms with van der Waals surface area (Å²) in [7, 11) is 0. The van der Waals surface area contributed by atoms with Crippen molar-refractivity contribution in [3.05, 3.63) is 108 Å². The molecule has 44 heavy (non-hydrogen) atoms. The normalized spacial score (nSPS) is 23.3. The number of carbonyl (C=O) groups excluding carboxylic acids is 1. The Hall–Kier alpha value is -3.11. The van der Waals surface area contributed by atoms with Crippen molar-refractivity contribution in [1.82, 2.24) is 5.32 Å². The number of ether oxygens (including phenoxy) is 4. The zero-order valence-electron chi connectivity index (χ0n) is 25.6. The predicted octanol–water partition coefficient (Wildman–Crippen LogP) is 4.95. The maximum atomic E-state index is 11.4. The summed E-state index contributed by atoms with van der Waals surface area (Å²) in [6.45, 7) is 3.45. The quantitative estimate of drug-likeness (QED) is 0.176. The molecule has 8 nitrogen and oxygen atoms in total. The first-order chi connectivity index (χ1) is 21.5. The van der Waals surface area contributed by atoms with Crippen LogP contribution in [-0.4, -0.2) is 65.9 Å². The second-order valence-electron chi connectivity index (χ2n) is 11.4. The Kier molecular flexibility index (Phi) is 14.3. The zero-order chi connectivity index (χ0) is 31.0. The molecule has 3 N–H and O–H groups in total. The highest BCUT2D eigenvalue weighted by Gasteiger charge is 2.52. The monoisotopic (exact) mass is 605 g/mol. The molecule has 4 rings (SSSR count). The summed E-state index contributed by atoms with van der Waals surface area (Å²) in [5.41, 5.74) is 2.91. The van der Waals surface area contributed by atoms with E-state index in [1.807, 2.05) is 91.0 Å². The Morgan fingerprint density at radius 2 is 0.955 bits per heavy atom. The maximum absolute atomic E-state index is 11.4. The summed E-state index contributed by atoms with van der Waals surface area (Å²) in [5.74, 6) is -0.00517. The molecule has 238 valence electrons. The molecule has 6 unspecified atom stereocenters. The van der Waals surface area contributed by atoms with Crippen LogP contribution >= 0.6 is 0 Å². The van der Waals surface area contributed by atoms with E-state index in [9.17, 15) is 15.0 Å². The van der Waals surface area contributed by atoms with Gasteiger partial charge >= 0.3 is 0 Å². The third kappa shape index (κ3) is 10.8. The fourth-order valence-corrected chi connectivity index (χ4v) is 5.46. The molecule has 0 aromatic heterocycles. The number of rotatable bonds is 18. The summed E-state index contributed by atoms with van der Waals surface area (Å²) in [4.78, 5) is 11.0. The highest BCUT2D eigenvalue weighted by Crippen LogP contribution is 2.32. The third-order valence-corrected chi connectivity index (χ3v) is 7.86. The second-order valence-corrected chi connectivity index (χ2v) is 11.4. The van der Waals surface area contributed by atoms with Crippen LogP contribution in [0.15, 0.2) is 91.0 Å². The number of unbranched alkanes of at least 4 members (excludes halogenated alkanes) is 4. The molecule has 3 aromatic carbocycles. The Morgan fingerprint density at radius 1 is 0.568 bits per heavy atom. The van der Waals surface area contributed by atoms with Crippen molar-refractivity contribution in [3.63, 3.8) is 0 Å². The number of hydrogen-bond acceptors (Lipinski definition) is 7. The second kappa shape index (κ2) is 18.6. The van der Waals surface area contributed by atoms with Gasteiger partial charge < -0.3 is 34.5 Å². The lowest BCUT2D eigenvalue weighted by Gasteiger charge is -2.47. The van der Waals surface area contributed by atoms with Gasteiger partial charge in [0.1, 0.15) is 36.6 Å². The molecular weight excluding hydrogens is 558 g/mol. The van der Waals surface area contributed by atoms with Gasteiger partial charge in [0.15, 0.2) is 0 Å². The van der Waals surface area contributed by atoms with Crippen molar-refractivity contribution in [2.24, 2.45) is 0 Å². The molecule has 0 spiro atoms. The Bertz CT molecular complexity index is 1200. The number of aliphatic hydroxyl groups is 2. The average molecular weight is 606 g/mol. The standard InChI is InChI=1S/C36H47NO7/c1-27(38)37-22-14-3-2-4-15-23-41-33-31(39)32(40)34(42-24-28-16-8-5-9-17-28)36(44-26-30-20-12-7-13-21-30)35(33)43-25-29-18-10-6-11-19-29/h5-13,16-21,31-36,39-40H,2-4,14-15,22-26H2,1H3,(H,37,38). The number of hydrogen-bond donors (Lipinski definition) is 3. The summed E-state index contributed by atoms with van der Waals surface area (Å²) >= 11 is 0. The maximum Gasteiger partial charge on any atom is 0.216 e. The van der Waals surface area contributed by atoms with Crippen LogP contribution in [-0.2, 0) is 43.6 Å². The molecule has 0 bridgehead atoms. The smallest absolute Gasteiger partial charge is 0.216 e. The van der Waals surface area contributed by atoms with Gasteiger partial charge in [-0.25, -0.2) is 0 Å². The van der Waals surface area contributed by atoms with E-state index in [0.29, 0.717) is 19.8 Å². The summed E-state index contributed by atoms with van der Waals surface area (Å²) in [6.07, 6.45) is -0.811. The molecule has 0 heterocycles. The highest BCUT2D eigenvalue weighted by atomic mass is 16.6. The lowest BCUT2D eigenvalue weighted by molar-refractivity contribution is -0.272. The van der Waals surface area contributed by atoms with E-state index in [0.717, 1.165) is 48.8 Å². The van der Waals surface area contributed by atoms with Gasteiger partial charge in [-0.2, -0.15) is 0 Å². The summed E-state index contributed by atoms with van der Waals surface area (Å²) in [6, 6.07) is 29.4. The van der Waals surface area contributed by atoms with E-state index in [1.54, 1.807) is 0 Å². The van der Waals surface area contributed by atoms with Crippen molar-refractivity contribution >= 4 is 5.91 Å². The van der Waals surface area contributed by atoms with E-state index >= 15 is 0 Å². The van der Waals surface area contributed by atoms with Crippen molar-refractivity contribution in [2.75, 3.05) is 13.2 Å². The zero-order valence-corrected chi connectivity index (χ0v) is 25.6. The van der Waals surface area contributed by atoms with Gasteiger partial charge in [-0.3, -0.25) is 4.79 Å². The lowest BCUT2D eigenvalue weighted by atomic mass is 9.84. The number of aliphatic hydroxyl groups excluding tert-OH is 2. The molecule has 0 aliphatic heterocycles. The first-order valence-electron chi connectivity index (χ1n) is 15.7. The van der Waals surface area contributed by atoms with Gasteiger partial charge in [0.2, 0.25) is 5.91 Å². The van der Waals surface area contributed by atoms with Crippen LogP contribution in [0.3, 0.4) is 0 Å². The van der Waals surface area contributed by atoms with Gasteiger partial charge in [-0.05, 0) is 29.5 Å². The first kappa shape index (κ1) is 33.8. The molecule has 1 fully saturated rings. The lowest BCUT2D eigenvalue weighted by Crippen LogP contribution is -2.66. The molecule has 1 aliphatic rings. The van der Waals surface area contributed by atoms with Crippen molar-refractivity contribution in [3.8, 4) is 0 Å². The Morgan fingerprint density at radius 3 is 1.41 bits per heavy atom. The molecule has 0 saturated heterocycles. The molecule has 6 atom stereocenters. The fourth-order valence-electron chi connectivity index (χ4n) is 5.46. The van der Waals surface area contributed by atoms with Crippen LogP contribution in [0, 0.1) is 0 Å². The Labute approximate surface area is 261 Å². The topological polar surface area (TPSA) is 106 Å². The first-order valence-corrected chi connectivity index (χ1v) is 15.7. The SMILES string of the molecule is CC(=O)NCCCCCCCOC1C(O)C(O)C(OCc2ccccc2)C(OCc2ccccc2)C1OCc1ccccc1. The third-order valence-electron chi connectivity index (χ3n) is 7.86. The van der Waals surface area contributed by atoms with Crippen LogP contribution in [0.5, 0.6) is 0 Å². The van der Waals surface area contributed by atoms with E-state index in [1.165, 1.54) is 6.92 Å². The van der Waals surface area contributed by atoms with Crippen molar-refractivity contribution in [2.45, 2.75) is 95.5 Å². The van der Waals surface area contributed by atoms with Gasteiger partial charge in [-0.1, -0.05) is 110 Å². The molecule has 1 amide bonds. The van der Waals surface area contributed by atoms with Crippen LogP contribution in [0.4, 0.5) is 0 Å². The Balaban J connectivity index is 1.46. The van der Waals surface area contributed by atoms with Gasteiger partial charge in [0.25, 0.3) is 0 Å². The minimum atomic E-state index is -1.24. The van der Waals surface area contributed by atoms with Gasteiger partial charge in [0.05, 0.1) is 19.8 Å². The molecule has 3 aromatic rings. The minimum Gasteiger partial charge on any atom is -0.387 e. The van der Waals surface area contributed by atoms with Crippen LogP contribution < -0.4 is 5.32 Å². The summed E-state index contributed by atoms with van der Waals surface area (Å²) in [5, 5.41) is 25.6. The fraction of sp³-hybridized carbons (Fsp3) is 0.472. The average Bonchev–Trinajstić information content (AvgIpc) is 3.05. The molecule has 0 radical (unpaired) electrons. The van der Waals surface area contributed by atoms with E-state index in [-0.39, 0.29) is 19.1 Å². The van der Waals surface area contributed by atoms with Crippen LogP contribution in [0.1, 0.15) is 55.7 Å². The van der Waals surface area contributed by atoms with Crippen LogP contribution in [0.2, 0.25) is 0 Å². The van der Waals surface area contributed by atoms with E-state index in [4.69, 9.17) is 18.9 Å². The summed E-state index contributed by atoms with van der Waals surface area (Å²) < 4.78 is 25.6. The largest absolute Gasteiger partial charge is 0.387 e. The number of nitrogens with one attached hydrogen (secondary N) is 1. The number of carbonyl (C=O) groups is 1. The number of amides is 1. The highest BCUT2D eigenvalue weighted by molar-refractivity contribution is 5.72. The molecule has 1 saturated carbocycles. The van der Waals surface area contributed by atoms with Gasteiger partial charge in [-0.15, -0.1) is 0 Å². The van der Waals surface area contributed by atoms with E-state index < -0.39 is 36.6 Å². The van der Waals surface area contributed by atoms with Crippen molar-refractivity contribution < 1.29 is 34.0 Å². The van der Waals surface area contributed by atoms with Crippen LogP contribution in [0.25, 0.3) is 0 Å². The van der Waals surface area contributed by atoms with Crippen molar-refractivity contribution in [1.29, 1.82) is 0 Å². The molecule has 1 aliphatic carbocycles. The predicted molar refractivity (Wildman–Crippen MR) is 169 cm³/mol. The minimum absolute atomic E-state index is 0.00517. The molecule has 8 heteroatoms. The van der Waals surface area contributed by atoms with Gasteiger partial charge in [0, 0.05) is 20.1 Å². The number of benzene rings is 3. The van der Waals surface area contributed by atoms with E-state index in [2.05, 4.69) is 5.32 Å². The molecular formula is C36H47NO7.